The molecule has 0 aliphatic carbocycles. The van der Waals surface area contributed by atoms with E-state index in [0.29, 0.717) is 6.04 Å². The maximum atomic E-state index is 5.82. The monoisotopic (exact) mass is 193 g/mol. The smallest absolute Gasteiger partial charge is 0.0951 e. The number of hydrogen-bond donors (Lipinski definition) is 1. The van der Waals surface area contributed by atoms with Gasteiger partial charge in [-0.15, -0.1) is 0 Å². The van der Waals surface area contributed by atoms with Gasteiger partial charge in [0.05, 0.1) is 12.0 Å². The third-order valence-electron chi connectivity index (χ3n) is 3.10. The molecule has 0 fully saturated rings. The van der Waals surface area contributed by atoms with Crippen molar-refractivity contribution >= 4 is 0 Å². The molecule has 1 aromatic rings. The van der Waals surface area contributed by atoms with Crippen LogP contribution in [0, 0.1) is 12.8 Å². The van der Waals surface area contributed by atoms with Crippen LogP contribution < -0.4 is 5.73 Å². The molecule has 0 saturated carbocycles. The molecule has 3 heteroatoms. The summed E-state index contributed by atoms with van der Waals surface area (Å²) in [7, 11) is 0. The molecule has 1 aliphatic heterocycles. The fraction of sp³-hybridized carbons (Fsp3) is 0.727. The van der Waals surface area contributed by atoms with Crippen LogP contribution in [0.4, 0.5) is 0 Å². The van der Waals surface area contributed by atoms with Crippen LogP contribution in [0.5, 0.6) is 0 Å². The van der Waals surface area contributed by atoms with Gasteiger partial charge in [-0.25, -0.2) is 4.98 Å². The van der Waals surface area contributed by atoms with E-state index in [1.165, 1.54) is 24.2 Å². The summed E-state index contributed by atoms with van der Waals surface area (Å²) in [6.45, 7) is 5.30. The molecule has 2 heterocycles. The van der Waals surface area contributed by atoms with E-state index >= 15 is 0 Å². The maximum absolute atomic E-state index is 5.82. The van der Waals surface area contributed by atoms with Crippen molar-refractivity contribution in [3.05, 3.63) is 17.7 Å². The lowest BCUT2D eigenvalue weighted by atomic mass is 9.92. The third-order valence-corrected chi connectivity index (χ3v) is 3.10. The second-order valence-corrected chi connectivity index (χ2v) is 4.55. The number of imidazole rings is 1. The number of nitrogens with two attached hydrogens (primary N) is 1. The highest BCUT2D eigenvalue weighted by Crippen LogP contribution is 2.24. The zero-order valence-electron chi connectivity index (χ0n) is 9.03. The first kappa shape index (κ1) is 9.71. The molecule has 0 amide bonds. The second kappa shape index (κ2) is 3.73. The Kier molecular flexibility index (Phi) is 2.59. The molecule has 78 valence electrons. The van der Waals surface area contributed by atoms with Crippen molar-refractivity contribution in [2.45, 2.75) is 45.7 Å². The van der Waals surface area contributed by atoms with Gasteiger partial charge >= 0.3 is 0 Å². The summed E-state index contributed by atoms with van der Waals surface area (Å²) in [5.41, 5.74) is 8.44. The van der Waals surface area contributed by atoms with Crippen LogP contribution in [0.2, 0.25) is 0 Å². The van der Waals surface area contributed by atoms with Crippen LogP contribution in [0.15, 0.2) is 6.33 Å². The van der Waals surface area contributed by atoms with Crippen molar-refractivity contribution in [2.24, 2.45) is 11.7 Å². The highest BCUT2D eigenvalue weighted by Gasteiger charge is 2.20. The molecule has 1 aromatic heterocycles. The van der Waals surface area contributed by atoms with E-state index in [1.54, 1.807) is 0 Å². The number of rotatable bonds is 2. The van der Waals surface area contributed by atoms with Gasteiger partial charge in [-0.1, -0.05) is 0 Å². The van der Waals surface area contributed by atoms with Crippen molar-refractivity contribution in [2.75, 3.05) is 0 Å². The van der Waals surface area contributed by atoms with Gasteiger partial charge in [0.25, 0.3) is 0 Å². The Labute approximate surface area is 85.3 Å². The van der Waals surface area contributed by atoms with Crippen LogP contribution in [-0.4, -0.2) is 15.6 Å². The van der Waals surface area contributed by atoms with E-state index in [0.717, 1.165) is 18.9 Å². The van der Waals surface area contributed by atoms with E-state index < -0.39 is 0 Å². The fourth-order valence-corrected chi connectivity index (χ4v) is 2.42. The minimum Gasteiger partial charge on any atom is -0.334 e. The quantitative estimate of drug-likeness (QED) is 0.773. The topological polar surface area (TPSA) is 43.8 Å². The maximum Gasteiger partial charge on any atom is 0.0951 e. The van der Waals surface area contributed by atoms with Crippen LogP contribution in [0.1, 0.15) is 31.2 Å². The Morgan fingerprint density at radius 1 is 1.71 bits per heavy atom. The van der Waals surface area contributed by atoms with Crippen LogP contribution >= 0.6 is 0 Å². The lowest BCUT2D eigenvalue weighted by Gasteiger charge is -2.25. The number of aromatic nitrogens is 2. The first-order valence-corrected chi connectivity index (χ1v) is 5.43. The Morgan fingerprint density at radius 3 is 3.21 bits per heavy atom. The lowest BCUT2D eigenvalue weighted by molar-refractivity contribution is 0.330. The minimum atomic E-state index is 0.325. The van der Waals surface area contributed by atoms with Gasteiger partial charge in [-0.2, -0.15) is 0 Å². The van der Waals surface area contributed by atoms with E-state index in [4.69, 9.17) is 5.73 Å². The van der Waals surface area contributed by atoms with Crippen LogP contribution in [0.3, 0.4) is 0 Å². The standard InChI is InChI=1S/C11H19N3/c1-8(12)5-10-3-4-11-9(2)13-7-14(11)6-10/h7-8,10H,3-6,12H2,1-2H3. The largest absolute Gasteiger partial charge is 0.334 e. The van der Waals surface area contributed by atoms with Gasteiger partial charge in [0.1, 0.15) is 0 Å². The number of fused-ring (bicyclic) bond motifs is 1. The van der Waals surface area contributed by atoms with E-state index in [-0.39, 0.29) is 0 Å². The zero-order chi connectivity index (χ0) is 10.1. The Balaban J connectivity index is 2.06. The number of nitrogens with zero attached hydrogens (tertiary/aromatic N) is 2. The predicted octanol–water partition coefficient (Wildman–Crippen LogP) is 1.49. The second-order valence-electron chi connectivity index (χ2n) is 4.55. The molecule has 2 unspecified atom stereocenters. The fourth-order valence-electron chi connectivity index (χ4n) is 2.42. The molecular formula is C11H19N3. The highest BCUT2D eigenvalue weighted by atomic mass is 15.1. The van der Waals surface area contributed by atoms with Gasteiger partial charge in [-0.3, -0.25) is 0 Å². The van der Waals surface area contributed by atoms with Crippen molar-refractivity contribution in [1.29, 1.82) is 0 Å². The zero-order valence-corrected chi connectivity index (χ0v) is 9.03. The SMILES string of the molecule is Cc1ncn2c1CCC(CC(C)N)C2. The summed E-state index contributed by atoms with van der Waals surface area (Å²) in [6.07, 6.45) is 5.55. The Hall–Kier alpha value is -0.830. The van der Waals surface area contributed by atoms with Crippen LogP contribution in [-0.2, 0) is 13.0 Å². The van der Waals surface area contributed by atoms with Crippen molar-refractivity contribution < 1.29 is 0 Å². The van der Waals surface area contributed by atoms with E-state index in [9.17, 15) is 0 Å². The van der Waals surface area contributed by atoms with Gasteiger partial charge in [0.15, 0.2) is 0 Å². The molecule has 0 saturated heterocycles. The third kappa shape index (κ3) is 1.82. The summed E-state index contributed by atoms with van der Waals surface area (Å²) < 4.78 is 2.30. The van der Waals surface area contributed by atoms with Crippen molar-refractivity contribution in [3.63, 3.8) is 0 Å². The predicted molar refractivity (Wildman–Crippen MR) is 57.0 cm³/mol. The molecule has 0 bridgehead atoms. The molecular weight excluding hydrogens is 174 g/mol. The Bertz CT molecular complexity index is 314. The van der Waals surface area contributed by atoms with Gasteiger partial charge in [0.2, 0.25) is 0 Å². The summed E-state index contributed by atoms with van der Waals surface area (Å²) >= 11 is 0. The summed E-state index contributed by atoms with van der Waals surface area (Å²) in [5.74, 6) is 0.746. The summed E-state index contributed by atoms with van der Waals surface area (Å²) in [5, 5.41) is 0. The first-order valence-electron chi connectivity index (χ1n) is 5.43. The normalized spacial score (nSPS) is 23.2. The molecule has 14 heavy (non-hydrogen) atoms. The minimum absolute atomic E-state index is 0.325. The average Bonchev–Trinajstić information content (AvgIpc) is 2.46. The van der Waals surface area contributed by atoms with Gasteiger partial charge in [-0.05, 0) is 39.0 Å². The molecule has 2 rings (SSSR count). The molecule has 2 N–H and O–H groups in total. The molecule has 1 aliphatic rings. The highest BCUT2D eigenvalue weighted by molar-refractivity contribution is 5.13. The van der Waals surface area contributed by atoms with Gasteiger partial charge < -0.3 is 10.3 Å². The molecule has 0 aromatic carbocycles. The molecule has 0 spiro atoms. The molecule has 2 atom stereocenters. The lowest BCUT2D eigenvalue weighted by Crippen LogP contribution is -2.26. The number of aryl methyl sites for hydroxylation is 1. The van der Waals surface area contributed by atoms with E-state index in [2.05, 4.69) is 23.4 Å². The Morgan fingerprint density at radius 2 is 2.50 bits per heavy atom. The summed E-state index contributed by atoms with van der Waals surface area (Å²) in [6, 6.07) is 0.325. The van der Waals surface area contributed by atoms with Gasteiger partial charge in [0, 0.05) is 18.3 Å². The van der Waals surface area contributed by atoms with Crippen molar-refractivity contribution in [3.8, 4) is 0 Å². The molecule has 3 nitrogen and oxygen atoms in total. The molecule has 0 radical (unpaired) electrons. The number of hydrogen-bond acceptors (Lipinski definition) is 2. The van der Waals surface area contributed by atoms with Crippen molar-refractivity contribution in [1.82, 2.24) is 9.55 Å². The van der Waals surface area contributed by atoms with Crippen LogP contribution in [0.25, 0.3) is 0 Å². The average molecular weight is 193 g/mol. The summed E-state index contributed by atoms with van der Waals surface area (Å²) in [4.78, 5) is 4.34. The van der Waals surface area contributed by atoms with E-state index in [1.807, 2.05) is 6.33 Å². The first-order chi connectivity index (χ1) is 6.66.